The van der Waals surface area contributed by atoms with Crippen LogP contribution >= 0.6 is 24.0 Å². The lowest BCUT2D eigenvalue weighted by Crippen LogP contribution is -2.37. The summed E-state index contributed by atoms with van der Waals surface area (Å²) in [4.78, 5) is 27.7. The number of benzene rings is 2. The van der Waals surface area contributed by atoms with Crippen molar-refractivity contribution in [3.05, 3.63) is 65.2 Å². The second-order valence-electron chi connectivity index (χ2n) is 8.20. The van der Waals surface area contributed by atoms with Gasteiger partial charge in [0.05, 0.1) is 0 Å². The van der Waals surface area contributed by atoms with Crippen LogP contribution in [0.5, 0.6) is 0 Å². The summed E-state index contributed by atoms with van der Waals surface area (Å²) < 4.78 is 5.25. The maximum Gasteiger partial charge on any atom is 0.412 e. The van der Waals surface area contributed by atoms with Crippen molar-refractivity contribution in [3.8, 4) is 0 Å². The van der Waals surface area contributed by atoms with Gasteiger partial charge in [0.15, 0.2) is 5.96 Å². The van der Waals surface area contributed by atoms with Crippen LogP contribution in [0.3, 0.4) is 0 Å². The third kappa shape index (κ3) is 10.6. The van der Waals surface area contributed by atoms with E-state index in [2.05, 4.69) is 26.3 Å². The highest BCUT2D eigenvalue weighted by Crippen LogP contribution is 2.13. The molecule has 0 atom stereocenters. The Morgan fingerprint density at radius 2 is 1.55 bits per heavy atom. The van der Waals surface area contributed by atoms with Crippen LogP contribution in [0, 0.1) is 0 Å². The molecule has 0 heterocycles. The molecule has 2 rings (SSSR count). The van der Waals surface area contributed by atoms with E-state index in [1.807, 2.05) is 57.2 Å². The number of nitrogens with one attached hydrogen (secondary N) is 4. The summed E-state index contributed by atoms with van der Waals surface area (Å²) in [6.07, 6.45) is 0.332. The molecule has 33 heavy (non-hydrogen) atoms. The van der Waals surface area contributed by atoms with Crippen molar-refractivity contribution in [2.75, 3.05) is 26.0 Å². The van der Waals surface area contributed by atoms with Gasteiger partial charge in [0, 0.05) is 38.4 Å². The number of hydrogen-bond acceptors (Lipinski definition) is 4. The third-order valence-electron chi connectivity index (χ3n) is 4.43. The first-order valence-corrected chi connectivity index (χ1v) is 10.5. The van der Waals surface area contributed by atoms with Gasteiger partial charge in [-0.25, -0.2) is 4.79 Å². The van der Waals surface area contributed by atoms with Crippen molar-refractivity contribution in [1.82, 2.24) is 16.0 Å². The molecule has 2 amide bonds. The van der Waals surface area contributed by atoms with E-state index in [0.29, 0.717) is 30.3 Å². The molecule has 0 fully saturated rings. The van der Waals surface area contributed by atoms with Gasteiger partial charge < -0.3 is 20.7 Å². The summed E-state index contributed by atoms with van der Waals surface area (Å²) in [5, 5.41) is 11.9. The number of hydrogen-bond donors (Lipinski definition) is 4. The van der Waals surface area contributed by atoms with Crippen molar-refractivity contribution >= 4 is 47.6 Å². The zero-order valence-corrected chi connectivity index (χ0v) is 22.2. The largest absolute Gasteiger partial charge is 0.444 e. The molecule has 0 spiro atoms. The Hall–Kier alpha value is -2.82. The molecule has 2 aromatic carbocycles. The Bertz CT molecular complexity index is 923. The fourth-order valence-electron chi connectivity index (χ4n) is 2.83. The van der Waals surface area contributed by atoms with E-state index in [0.717, 1.165) is 17.5 Å². The number of rotatable bonds is 7. The SMILES string of the molecule is CN=C(NCCc1ccc(NC(=O)OC(C)(C)C)cc1)NCc1ccc(C(=O)NC)cc1.I. The zero-order chi connectivity index (χ0) is 23.6. The average molecular weight is 567 g/mol. The fraction of sp³-hybridized carbons (Fsp3) is 0.375. The highest BCUT2D eigenvalue weighted by Gasteiger charge is 2.16. The van der Waals surface area contributed by atoms with E-state index >= 15 is 0 Å². The number of amides is 2. The number of guanidine groups is 1. The van der Waals surface area contributed by atoms with E-state index in [1.165, 1.54) is 0 Å². The van der Waals surface area contributed by atoms with Crippen molar-refractivity contribution in [1.29, 1.82) is 0 Å². The maximum absolute atomic E-state index is 11.8. The Morgan fingerprint density at radius 3 is 2.09 bits per heavy atom. The molecule has 0 aliphatic rings. The minimum absolute atomic E-state index is 0. The Balaban J connectivity index is 0.00000544. The normalized spacial score (nSPS) is 11.1. The molecular formula is C24H34IN5O3. The van der Waals surface area contributed by atoms with E-state index < -0.39 is 11.7 Å². The number of aliphatic imine (C=N–C) groups is 1. The van der Waals surface area contributed by atoms with E-state index in [1.54, 1.807) is 26.2 Å². The molecule has 2 aromatic rings. The quantitative estimate of drug-likeness (QED) is 0.231. The first kappa shape index (κ1) is 28.2. The molecule has 0 saturated heterocycles. The Morgan fingerprint density at radius 1 is 0.939 bits per heavy atom. The monoisotopic (exact) mass is 567 g/mol. The molecule has 0 aliphatic carbocycles. The number of nitrogens with zero attached hydrogens (tertiary/aromatic N) is 1. The molecule has 8 nitrogen and oxygen atoms in total. The second kappa shape index (κ2) is 13.7. The lowest BCUT2D eigenvalue weighted by atomic mass is 10.1. The van der Waals surface area contributed by atoms with Gasteiger partial charge in [-0.1, -0.05) is 24.3 Å². The summed E-state index contributed by atoms with van der Waals surface area (Å²) in [6, 6.07) is 15.1. The van der Waals surface area contributed by atoms with Gasteiger partial charge in [-0.3, -0.25) is 15.1 Å². The molecular weight excluding hydrogens is 533 g/mol. The summed E-state index contributed by atoms with van der Waals surface area (Å²) in [5.41, 5.74) is 2.97. The smallest absolute Gasteiger partial charge is 0.412 e. The lowest BCUT2D eigenvalue weighted by molar-refractivity contribution is 0.0635. The van der Waals surface area contributed by atoms with Crippen LogP contribution in [0.4, 0.5) is 10.5 Å². The number of carbonyl (C=O) groups excluding carboxylic acids is 2. The number of ether oxygens (including phenoxy) is 1. The molecule has 180 valence electrons. The Labute approximate surface area is 213 Å². The molecule has 0 unspecified atom stereocenters. The van der Waals surface area contributed by atoms with Crippen molar-refractivity contribution in [2.45, 2.75) is 39.3 Å². The summed E-state index contributed by atoms with van der Waals surface area (Å²) in [6.45, 7) is 6.78. The molecule has 0 saturated carbocycles. The van der Waals surface area contributed by atoms with Crippen LogP contribution in [0.25, 0.3) is 0 Å². The zero-order valence-electron chi connectivity index (χ0n) is 19.8. The van der Waals surface area contributed by atoms with Crippen LogP contribution in [-0.4, -0.2) is 44.2 Å². The van der Waals surface area contributed by atoms with Crippen molar-refractivity contribution in [2.24, 2.45) is 4.99 Å². The summed E-state index contributed by atoms with van der Waals surface area (Å²) in [7, 11) is 3.34. The molecule has 0 aromatic heterocycles. The molecule has 0 bridgehead atoms. The maximum atomic E-state index is 11.8. The second-order valence-corrected chi connectivity index (χ2v) is 8.20. The molecule has 9 heteroatoms. The van der Waals surface area contributed by atoms with Gasteiger partial charge in [0.1, 0.15) is 5.60 Å². The summed E-state index contributed by atoms with van der Waals surface area (Å²) >= 11 is 0. The molecule has 0 aliphatic heterocycles. The van der Waals surface area contributed by atoms with Gasteiger partial charge >= 0.3 is 6.09 Å². The lowest BCUT2D eigenvalue weighted by Gasteiger charge is -2.19. The minimum atomic E-state index is -0.530. The van der Waals surface area contributed by atoms with Gasteiger partial charge in [0.2, 0.25) is 0 Å². The van der Waals surface area contributed by atoms with Gasteiger partial charge in [-0.05, 0) is 62.6 Å². The average Bonchev–Trinajstić information content (AvgIpc) is 2.75. The van der Waals surface area contributed by atoms with Crippen LogP contribution in [0.15, 0.2) is 53.5 Å². The third-order valence-corrected chi connectivity index (χ3v) is 4.43. The standard InChI is InChI=1S/C24H33N5O3.HI/c1-24(2,3)32-23(31)29-20-12-8-17(9-13-20)14-15-27-22(26-5)28-16-18-6-10-19(11-7-18)21(30)25-4;/h6-13H,14-16H2,1-5H3,(H,25,30)(H,29,31)(H2,26,27,28);1H. The van der Waals surface area contributed by atoms with Gasteiger partial charge in [-0.2, -0.15) is 0 Å². The predicted octanol–water partition coefficient (Wildman–Crippen LogP) is 3.92. The van der Waals surface area contributed by atoms with E-state index in [9.17, 15) is 9.59 Å². The van der Waals surface area contributed by atoms with Crippen LogP contribution in [0.2, 0.25) is 0 Å². The molecule has 0 radical (unpaired) electrons. The fourth-order valence-corrected chi connectivity index (χ4v) is 2.83. The highest BCUT2D eigenvalue weighted by atomic mass is 127. The number of carbonyl (C=O) groups is 2. The highest BCUT2D eigenvalue weighted by molar-refractivity contribution is 14.0. The molecule has 4 N–H and O–H groups in total. The minimum Gasteiger partial charge on any atom is -0.444 e. The van der Waals surface area contributed by atoms with Gasteiger partial charge in [0.25, 0.3) is 5.91 Å². The predicted molar refractivity (Wildman–Crippen MR) is 143 cm³/mol. The summed E-state index contributed by atoms with van der Waals surface area (Å²) in [5.74, 6) is 0.597. The topological polar surface area (TPSA) is 104 Å². The van der Waals surface area contributed by atoms with Crippen LogP contribution in [0.1, 0.15) is 42.3 Å². The van der Waals surface area contributed by atoms with E-state index in [4.69, 9.17) is 4.74 Å². The van der Waals surface area contributed by atoms with E-state index in [-0.39, 0.29) is 29.9 Å². The first-order valence-electron chi connectivity index (χ1n) is 10.5. The van der Waals surface area contributed by atoms with Crippen LogP contribution < -0.4 is 21.3 Å². The van der Waals surface area contributed by atoms with Crippen LogP contribution in [-0.2, 0) is 17.7 Å². The first-order chi connectivity index (χ1) is 15.2. The van der Waals surface area contributed by atoms with Gasteiger partial charge in [-0.15, -0.1) is 24.0 Å². The van der Waals surface area contributed by atoms with Crippen molar-refractivity contribution < 1.29 is 14.3 Å². The number of halogens is 1. The Kier molecular flexibility index (Phi) is 11.7. The number of anilines is 1. The van der Waals surface area contributed by atoms with Crippen molar-refractivity contribution in [3.63, 3.8) is 0 Å².